The third-order valence-electron chi connectivity index (χ3n) is 5.06. The van der Waals surface area contributed by atoms with Gasteiger partial charge in [-0.1, -0.05) is 0 Å². The van der Waals surface area contributed by atoms with Gasteiger partial charge in [-0.15, -0.1) is 0 Å². The Hall–Kier alpha value is -2.38. The van der Waals surface area contributed by atoms with Crippen molar-refractivity contribution in [1.82, 2.24) is 19.1 Å². The number of imidazole rings is 1. The smallest absolute Gasteiger partial charge is 0.302 e. The van der Waals surface area contributed by atoms with Crippen LogP contribution < -0.4 is 5.56 Å². The number of nitrogens with zero attached hydrogens (tertiary/aromatic N) is 4. The topological polar surface area (TPSA) is 125 Å². The van der Waals surface area contributed by atoms with Crippen LogP contribution in [0.3, 0.4) is 0 Å². The lowest BCUT2D eigenvalue weighted by molar-refractivity contribution is -0.201. The Balaban J connectivity index is 1.59. The van der Waals surface area contributed by atoms with Crippen LogP contribution in [0, 0.1) is 0 Å². The van der Waals surface area contributed by atoms with E-state index in [9.17, 15) is 9.59 Å². The minimum absolute atomic E-state index is 0.0259. The third-order valence-corrected chi connectivity index (χ3v) is 5.06. The number of rotatable bonds is 8. The van der Waals surface area contributed by atoms with Gasteiger partial charge in [-0.05, 0) is 13.8 Å². The molecule has 2 fully saturated rings. The molecule has 31 heavy (non-hydrogen) atoms. The van der Waals surface area contributed by atoms with Gasteiger partial charge in [0.15, 0.2) is 23.2 Å². The molecule has 2 aliphatic rings. The third kappa shape index (κ3) is 4.34. The van der Waals surface area contributed by atoms with E-state index in [1.54, 1.807) is 25.5 Å². The van der Waals surface area contributed by atoms with Crippen molar-refractivity contribution in [1.29, 1.82) is 0 Å². The fourth-order valence-corrected chi connectivity index (χ4v) is 3.75. The van der Waals surface area contributed by atoms with Crippen molar-refractivity contribution in [3.8, 4) is 0 Å². The van der Waals surface area contributed by atoms with Gasteiger partial charge in [0.05, 0.1) is 19.5 Å². The molecule has 2 aliphatic heterocycles. The van der Waals surface area contributed by atoms with Crippen molar-refractivity contribution >= 4 is 17.1 Å². The van der Waals surface area contributed by atoms with Crippen LogP contribution in [0.25, 0.3) is 11.2 Å². The zero-order valence-electron chi connectivity index (χ0n) is 17.8. The lowest BCUT2D eigenvalue weighted by Crippen LogP contribution is -2.33. The number of carbonyl (C=O) groups excluding carboxylic acids is 1. The monoisotopic (exact) mass is 438 g/mol. The molecule has 0 aromatic carbocycles. The summed E-state index contributed by atoms with van der Waals surface area (Å²) >= 11 is 0. The summed E-state index contributed by atoms with van der Waals surface area (Å²) in [7, 11) is 1.57. The van der Waals surface area contributed by atoms with Crippen LogP contribution in [0.2, 0.25) is 0 Å². The summed E-state index contributed by atoms with van der Waals surface area (Å²) < 4.78 is 36.5. The normalized spacial score (nSPS) is 27.0. The van der Waals surface area contributed by atoms with E-state index in [4.69, 9.17) is 28.4 Å². The van der Waals surface area contributed by atoms with E-state index in [0.29, 0.717) is 18.9 Å². The van der Waals surface area contributed by atoms with Gasteiger partial charge in [-0.25, -0.2) is 9.97 Å². The number of esters is 1. The number of methoxy groups -OCH3 is 1. The van der Waals surface area contributed by atoms with Crippen molar-refractivity contribution in [3.63, 3.8) is 0 Å². The molecule has 0 saturated carbocycles. The standard InChI is InChI=1S/C19H26N4O8/c1-11(24)28-7-12-14-15(31-19(2,3)30-14)18(29-12)23-9-20-13-16(23)21-8-22(17(13)25)10-27-6-5-26-4/h8-9,12,14-15,18H,5-7,10H2,1-4H3/t12-,14-,15-,18-/m1/s1. The number of ether oxygens (including phenoxy) is 6. The van der Waals surface area contributed by atoms with Crippen LogP contribution in [0.5, 0.6) is 0 Å². The van der Waals surface area contributed by atoms with Crippen LogP contribution in [0.1, 0.15) is 27.0 Å². The lowest BCUT2D eigenvalue weighted by Gasteiger charge is -2.24. The highest BCUT2D eigenvalue weighted by Crippen LogP contribution is 2.43. The first-order chi connectivity index (χ1) is 14.8. The van der Waals surface area contributed by atoms with E-state index >= 15 is 0 Å². The van der Waals surface area contributed by atoms with E-state index in [1.165, 1.54) is 24.1 Å². The van der Waals surface area contributed by atoms with E-state index < -0.39 is 36.3 Å². The number of hydrogen-bond acceptors (Lipinski definition) is 10. The predicted octanol–water partition coefficient (Wildman–Crippen LogP) is 0.194. The van der Waals surface area contributed by atoms with Crippen LogP contribution >= 0.6 is 0 Å². The molecule has 2 aromatic rings. The van der Waals surface area contributed by atoms with Gasteiger partial charge in [0.1, 0.15) is 38.0 Å². The first-order valence-electron chi connectivity index (χ1n) is 9.94. The van der Waals surface area contributed by atoms with Crippen molar-refractivity contribution < 1.29 is 33.2 Å². The number of carbonyl (C=O) groups is 1. The van der Waals surface area contributed by atoms with Gasteiger partial charge < -0.3 is 28.4 Å². The number of hydrogen-bond donors (Lipinski definition) is 0. The molecular formula is C19H26N4O8. The van der Waals surface area contributed by atoms with Gasteiger partial charge in [0.2, 0.25) is 0 Å². The molecule has 2 saturated heterocycles. The maximum Gasteiger partial charge on any atom is 0.302 e. The highest BCUT2D eigenvalue weighted by Gasteiger charge is 2.56. The van der Waals surface area contributed by atoms with Crippen LogP contribution in [0.4, 0.5) is 0 Å². The average molecular weight is 438 g/mol. The molecule has 0 N–H and O–H groups in total. The second-order valence-corrected chi connectivity index (χ2v) is 7.81. The number of fused-ring (bicyclic) bond motifs is 2. The minimum atomic E-state index is -0.831. The van der Waals surface area contributed by atoms with E-state index in [1.807, 2.05) is 0 Å². The highest BCUT2D eigenvalue weighted by molar-refractivity contribution is 5.69. The summed E-state index contributed by atoms with van der Waals surface area (Å²) in [6.45, 7) is 5.78. The summed E-state index contributed by atoms with van der Waals surface area (Å²) in [4.78, 5) is 32.7. The zero-order chi connectivity index (χ0) is 22.2. The summed E-state index contributed by atoms with van der Waals surface area (Å²) in [5.41, 5.74) is 0.194. The van der Waals surface area contributed by atoms with Gasteiger partial charge in [-0.2, -0.15) is 0 Å². The maximum absolute atomic E-state index is 12.8. The molecule has 4 rings (SSSR count). The molecule has 0 spiro atoms. The molecule has 12 heteroatoms. The molecule has 0 unspecified atom stereocenters. The van der Waals surface area contributed by atoms with Gasteiger partial charge in [0, 0.05) is 14.0 Å². The van der Waals surface area contributed by atoms with Crippen LogP contribution in [-0.2, 0) is 39.9 Å². The summed E-state index contributed by atoms with van der Waals surface area (Å²) in [6.07, 6.45) is 0.750. The second-order valence-electron chi connectivity index (χ2n) is 7.81. The highest BCUT2D eigenvalue weighted by atomic mass is 16.8. The van der Waals surface area contributed by atoms with Gasteiger partial charge in [0.25, 0.3) is 5.56 Å². The van der Waals surface area contributed by atoms with Crippen LogP contribution in [-0.4, -0.2) is 76.1 Å². The average Bonchev–Trinajstić information content (AvgIpc) is 3.36. The summed E-state index contributed by atoms with van der Waals surface area (Å²) in [5, 5.41) is 0. The summed E-state index contributed by atoms with van der Waals surface area (Å²) in [5.74, 6) is -1.24. The van der Waals surface area contributed by atoms with E-state index in [-0.39, 0.29) is 24.4 Å². The Morgan fingerprint density at radius 3 is 2.71 bits per heavy atom. The van der Waals surface area contributed by atoms with E-state index in [2.05, 4.69) is 9.97 Å². The number of aromatic nitrogens is 4. The Labute approximate surface area is 178 Å². The molecule has 2 aromatic heterocycles. The molecular weight excluding hydrogens is 412 g/mol. The largest absolute Gasteiger partial charge is 0.463 e. The van der Waals surface area contributed by atoms with E-state index in [0.717, 1.165) is 0 Å². The van der Waals surface area contributed by atoms with Crippen molar-refractivity contribution in [2.45, 2.75) is 57.8 Å². The summed E-state index contributed by atoms with van der Waals surface area (Å²) in [6, 6.07) is 0. The SMILES string of the molecule is COCCOCn1cnc2c(ncn2[C@@H]2O[C@H](COC(C)=O)[C@H]3OC(C)(C)O[C@H]32)c1=O. The maximum atomic E-state index is 12.8. The Morgan fingerprint density at radius 1 is 1.19 bits per heavy atom. The molecule has 0 aliphatic carbocycles. The molecule has 0 bridgehead atoms. The second kappa shape index (κ2) is 8.63. The zero-order valence-corrected chi connectivity index (χ0v) is 17.8. The van der Waals surface area contributed by atoms with Gasteiger partial charge >= 0.3 is 5.97 Å². The van der Waals surface area contributed by atoms with Crippen molar-refractivity contribution in [2.75, 3.05) is 26.9 Å². The first kappa shape index (κ1) is 21.8. The quantitative estimate of drug-likeness (QED) is 0.417. The van der Waals surface area contributed by atoms with Crippen LogP contribution in [0.15, 0.2) is 17.4 Å². The van der Waals surface area contributed by atoms with Crippen molar-refractivity contribution in [3.05, 3.63) is 23.0 Å². The first-order valence-corrected chi connectivity index (χ1v) is 9.94. The van der Waals surface area contributed by atoms with Gasteiger partial charge in [-0.3, -0.25) is 18.7 Å². The lowest BCUT2D eigenvalue weighted by atomic mass is 10.1. The fourth-order valence-electron chi connectivity index (χ4n) is 3.75. The Kier molecular flexibility index (Phi) is 6.08. The Morgan fingerprint density at radius 2 is 1.97 bits per heavy atom. The fraction of sp³-hybridized carbons (Fsp3) is 0.684. The molecule has 170 valence electrons. The Bertz CT molecular complexity index is 1000. The molecule has 12 nitrogen and oxygen atoms in total. The predicted molar refractivity (Wildman–Crippen MR) is 104 cm³/mol. The molecule has 4 heterocycles. The molecule has 0 amide bonds. The van der Waals surface area contributed by atoms with Crippen molar-refractivity contribution in [2.24, 2.45) is 0 Å². The molecule has 0 radical (unpaired) electrons. The molecule has 4 atom stereocenters. The minimum Gasteiger partial charge on any atom is -0.463 e.